The summed E-state index contributed by atoms with van der Waals surface area (Å²) in [6, 6.07) is 20.1. The van der Waals surface area contributed by atoms with Crippen LogP contribution in [0.15, 0.2) is 72.8 Å². The summed E-state index contributed by atoms with van der Waals surface area (Å²) < 4.78 is 26.8. The predicted molar refractivity (Wildman–Crippen MR) is 90.1 cm³/mol. The van der Waals surface area contributed by atoms with E-state index >= 15 is 0 Å². The molecule has 0 aliphatic carbocycles. The van der Waals surface area contributed by atoms with Crippen LogP contribution in [0.4, 0.5) is 8.78 Å². The monoisotopic (exact) mass is 333 g/mol. The Kier molecular flexibility index (Phi) is 4.67. The predicted octanol–water partition coefficient (Wildman–Crippen LogP) is 4.85. The summed E-state index contributed by atoms with van der Waals surface area (Å²) >= 11 is 0. The smallest absolute Gasteiger partial charge is 0.195 e. The molecule has 2 nitrogen and oxygen atoms in total. The number of carbonyl (C=O) groups excluding carboxylic acids is 1. The second-order valence-corrected chi connectivity index (χ2v) is 5.54. The van der Waals surface area contributed by atoms with Crippen LogP contribution in [0, 0.1) is 23.0 Å². The molecule has 0 aliphatic heterocycles. The fourth-order valence-corrected chi connectivity index (χ4v) is 2.62. The summed E-state index contributed by atoms with van der Waals surface area (Å²) in [5.41, 5.74) is 1.69. The maximum Gasteiger partial charge on any atom is 0.195 e. The Morgan fingerprint density at radius 3 is 1.96 bits per heavy atom. The maximum atomic E-state index is 13.7. The number of carbonyl (C=O) groups is 1. The van der Waals surface area contributed by atoms with E-state index in [1.165, 1.54) is 30.3 Å². The molecule has 0 N–H and O–H groups in total. The number of hydrogen-bond acceptors (Lipinski definition) is 2. The molecule has 0 saturated heterocycles. The zero-order chi connectivity index (χ0) is 17.8. The van der Waals surface area contributed by atoms with Crippen LogP contribution in [0.5, 0.6) is 0 Å². The fourth-order valence-electron chi connectivity index (χ4n) is 2.62. The molecule has 0 radical (unpaired) electrons. The van der Waals surface area contributed by atoms with E-state index in [1.54, 1.807) is 42.5 Å². The molecule has 3 rings (SSSR count). The van der Waals surface area contributed by atoms with Gasteiger partial charge in [-0.3, -0.25) is 4.79 Å². The average molecular weight is 333 g/mol. The van der Waals surface area contributed by atoms with Crippen molar-refractivity contribution in [3.63, 3.8) is 0 Å². The molecular formula is C21H13F2NO. The van der Waals surface area contributed by atoms with E-state index in [0.29, 0.717) is 16.7 Å². The molecule has 0 amide bonds. The van der Waals surface area contributed by atoms with E-state index in [2.05, 4.69) is 6.07 Å². The highest BCUT2D eigenvalue weighted by Gasteiger charge is 2.16. The molecule has 0 fully saturated rings. The number of hydrogen-bond donors (Lipinski definition) is 0. The molecule has 0 aromatic heterocycles. The molecule has 122 valence electrons. The van der Waals surface area contributed by atoms with Gasteiger partial charge in [0.15, 0.2) is 5.78 Å². The van der Waals surface area contributed by atoms with Crippen LogP contribution < -0.4 is 0 Å². The minimum Gasteiger partial charge on any atom is -0.288 e. The second kappa shape index (κ2) is 7.06. The van der Waals surface area contributed by atoms with Gasteiger partial charge in [-0.05, 0) is 35.4 Å². The van der Waals surface area contributed by atoms with Crippen LogP contribution in [0.1, 0.15) is 33.0 Å². The van der Waals surface area contributed by atoms with E-state index in [1.807, 2.05) is 0 Å². The molecule has 0 saturated carbocycles. The number of halogens is 2. The molecule has 0 aliphatic rings. The van der Waals surface area contributed by atoms with Crippen LogP contribution in [0.2, 0.25) is 0 Å². The normalized spacial score (nSPS) is 11.6. The molecule has 25 heavy (non-hydrogen) atoms. The zero-order valence-corrected chi connectivity index (χ0v) is 13.1. The highest BCUT2D eigenvalue weighted by atomic mass is 19.1. The van der Waals surface area contributed by atoms with Gasteiger partial charge in [-0.1, -0.05) is 48.5 Å². The van der Waals surface area contributed by atoms with Crippen molar-refractivity contribution in [1.29, 1.82) is 5.26 Å². The summed E-state index contributed by atoms with van der Waals surface area (Å²) in [6.45, 7) is 0. The lowest BCUT2D eigenvalue weighted by molar-refractivity contribution is 0.103. The van der Waals surface area contributed by atoms with Crippen molar-refractivity contribution in [3.8, 4) is 6.07 Å². The topological polar surface area (TPSA) is 40.9 Å². The third kappa shape index (κ3) is 3.46. The molecule has 0 spiro atoms. The van der Waals surface area contributed by atoms with Crippen molar-refractivity contribution < 1.29 is 13.6 Å². The van der Waals surface area contributed by atoms with Crippen LogP contribution in [0.3, 0.4) is 0 Å². The third-order valence-electron chi connectivity index (χ3n) is 3.96. The summed E-state index contributed by atoms with van der Waals surface area (Å²) in [6.07, 6.45) is 0. The molecule has 4 heteroatoms. The zero-order valence-electron chi connectivity index (χ0n) is 13.1. The van der Waals surface area contributed by atoms with Crippen LogP contribution in [-0.4, -0.2) is 5.78 Å². The molecule has 1 unspecified atom stereocenters. The highest BCUT2D eigenvalue weighted by Crippen LogP contribution is 2.25. The minimum atomic E-state index is -0.571. The first-order chi connectivity index (χ1) is 12.1. The SMILES string of the molecule is N#CC(c1ccc(F)cc1)c1ccc(C(=O)c2ccccc2F)cc1. The van der Waals surface area contributed by atoms with Gasteiger partial charge in [0.1, 0.15) is 11.6 Å². The molecule has 0 bridgehead atoms. The van der Waals surface area contributed by atoms with E-state index in [9.17, 15) is 18.8 Å². The van der Waals surface area contributed by atoms with Crippen molar-refractivity contribution >= 4 is 5.78 Å². The highest BCUT2D eigenvalue weighted by molar-refractivity contribution is 6.09. The lowest BCUT2D eigenvalue weighted by Gasteiger charge is -2.11. The Morgan fingerprint density at radius 2 is 1.40 bits per heavy atom. The molecule has 3 aromatic carbocycles. The fraction of sp³-hybridized carbons (Fsp3) is 0.0476. The Bertz CT molecular complexity index is 941. The van der Waals surface area contributed by atoms with Gasteiger partial charge in [0.2, 0.25) is 0 Å². The first kappa shape index (κ1) is 16.5. The van der Waals surface area contributed by atoms with Gasteiger partial charge in [0, 0.05) is 5.56 Å². The van der Waals surface area contributed by atoms with Crippen molar-refractivity contribution in [2.24, 2.45) is 0 Å². The largest absolute Gasteiger partial charge is 0.288 e. The van der Waals surface area contributed by atoms with Crippen molar-refractivity contribution in [3.05, 3.63) is 107 Å². The standard InChI is InChI=1S/C21H13F2NO/c22-17-11-9-15(10-12-17)19(13-24)14-5-7-16(8-6-14)21(25)18-3-1-2-4-20(18)23/h1-12,19H. The number of nitrogens with zero attached hydrogens (tertiary/aromatic N) is 1. The van der Waals surface area contributed by atoms with E-state index in [-0.39, 0.29) is 11.4 Å². The maximum absolute atomic E-state index is 13.7. The van der Waals surface area contributed by atoms with Crippen LogP contribution in [-0.2, 0) is 0 Å². The summed E-state index contributed by atoms with van der Waals surface area (Å²) in [5.74, 6) is -1.93. The van der Waals surface area contributed by atoms with Gasteiger partial charge >= 0.3 is 0 Å². The number of benzene rings is 3. The van der Waals surface area contributed by atoms with Crippen molar-refractivity contribution in [2.75, 3.05) is 0 Å². The quantitative estimate of drug-likeness (QED) is 0.640. The number of rotatable bonds is 4. The number of nitriles is 1. The Balaban J connectivity index is 1.89. The molecular weight excluding hydrogens is 320 g/mol. The summed E-state index contributed by atoms with van der Waals surface area (Å²) in [5, 5.41) is 9.43. The van der Waals surface area contributed by atoms with Gasteiger partial charge < -0.3 is 0 Å². The van der Waals surface area contributed by atoms with E-state index in [4.69, 9.17) is 0 Å². The summed E-state index contributed by atoms with van der Waals surface area (Å²) in [4.78, 5) is 12.4. The minimum absolute atomic E-state index is 0.00520. The third-order valence-corrected chi connectivity index (χ3v) is 3.96. The van der Waals surface area contributed by atoms with Crippen LogP contribution in [0.25, 0.3) is 0 Å². The first-order valence-electron chi connectivity index (χ1n) is 7.64. The Hall–Kier alpha value is -3.32. The Labute approximate surface area is 144 Å². The molecule has 3 aromatic rings. The van der Waals surface area contributed by atoms with Gasteiger partial charge in [0.25, 0.3) is 0 Å². The van der Waals surface area contributed by atoms with Crippen molar-refractivity contribution in [1.82, 2.24) is 0 Å². The first-order valence-corrected chi connectivity index (χ1v) is 7.64. The second-order valence-electron chi connectivity index (χ2n) is 5.54. The van der Waals surface area contributed by atoms with E-state index < -0.39 is 17.5 Å². The molecule has 0 heterocycles. The summed E-state index contributed by atoms with van der Waals surface area (Å²) in [7, 11) is 0. The number of ketones is 1. The lowest BCUT2D eigenvalue weighted by atomic mass is 9.91. The van der Waals surface area contributed by atoms with Crippen LogP contribution >= 0.6 is 0 Å². The Morgan fingerprint density at radius 1 is 0.840 bits per heavy atom. The average Bonchev–Trinajstić information content (AvgIpc) is 2.64. The van der Waals surface area contributed by atoms with E-state index in [0.717, 1.165) is 0 Å². The lowest BCUT2D eigenvalue weighted by Crippen LogP contribution is -2.05. The molecule has 1 atom stereocenters. The van der Waals surface area contributed by atoms with Gasteiger partial charge in [-0.2, -0.15) is 5.26 Å². The van der Waals surface area contributed by atoms with Gasteiger partial charge in [-0.15, -0.1) is 0 Å². The van der Waals surface area contributed by atoms with Gasteiger partial charge in [-0.25, -0.2) is 8.78 Å². The van der Waals surface area contributed by atoms with Gasteiger partial charge in [0.05, 0.1) is 17.6 Å². The van der Waals surface area contributed by atoms with Crippen molar-refractivity contribution in [2.45, 2.75) is 5.92 Å².